The zero-order valence-electron chi connectivity index (χ0n) is 15.5. The van der Waals surface area contributed by atoms with Crippen LogP contribution in [-0.2, 0) is 20.1 Å². The Bertz CT molecular complexity index is 1170. The van der Waals surface area contributed by atoms with E-state index in [0.717, 1.165) is 39.7 Å². The van der Waals surface area contributed by atoms with Gasteiger partial charge in [0.1, 0.15) is 23.2 Å². The smallest absolute Gasteiger partial charge is 0.258 e. The minimum atomic E-state index is -0.139. The van der Waals surface area contributed by atoms with E-state index >= 15 is 0 Å². The number of thiazole rings is 1. The number of hydrogen-bond donors (Lipinski definition) is 0. The maximum atomic E-state index is 12.6. The van der Waals surface area contributed by atoms with Crippen LogP contribution in [0, 0.1) is 6.92 Å². The second-order valence-electron chi connectivity index (χ2n) is 6.36. The number of hydrogen-bond acceptors (Lipinski definition) is 5. The molecule has 4 rings (SSSR count). The van der Waals surface area contributed by atoms with Gasteiger partial charge in [-0.2, -0.15) is 0 Å². The van der Waals surface area contributed by atoms with Crippen LogP contribution in [-0.4, -0.2) is 19.1 Å². The summed E-state index contributed by atoms with van der Waals surface area (Å²) in [5, 5.41) is 2.87. The number of aryl methyl sites for hydroxylation is 3. The van der Waals surface area contributed by atoms with Gasteiger partial charge in [0.25, 0.3) is 5.56 Å². The SMILES string of the molecule is CCc1nc2ccc(-n3ccc(OCc4nc(C)cs4)cc3=O)cc2n1C. The lowest BCUT2D eigenvalue weighted by Crippen LogP contribution is -2.16. The molecule has 3 aromatic heterocycles. The third-order valence-corrected chi connectivity index (χ3v) is 5.41. The molecule has 4 aromatic rings. The highest BCUT2D eigenvalue weighted by Gasteiger charge is 2.09. The van der Waals surface area contributed by atoms with Crippen LogP contribution in [0.4, 0.5) is 0 Å². The molecule has 0 fully saturated rings. The van der Waals surface area contributed by atoms with E-state index < -0.39 is 0 Å². The largest absolute Gasteiger partial charge is 0.486 e. The number of pyridine rings is 1. The lowest BCUT2D eigenvalue weighted by Gasteiger charge is -2.09. The Morgan fingerprint density at radius 3 is 2.74 bits per heavy atom. The third-order valence-electron chi connectivity index (χ3n) is 4.47. The van der Waals surface area contributed by atoms with E-state index in [9.17, 15) is 4.79 Å². The van der Waals surface area contributed by atoms with E-state index in [2.05, 4.69) is 21.5 Å². The summed E-state index contributed by atoms with van der Waals surface area (Å²) >= 11 is 1.55. The molecule has 0 bridgehead atoms. The number of nitrogens with zero attached hydrogens (tertiary/aromatic N) is 4. The molecule has 0 amide bonds. The van der Waals surface area contributed by atoms with Crippen LogP contribution in [0.5, 0.6) is 5.75 Å². The fraction of sp³-hybridized carbons (Fsp3) is 0.250. The van der Waals surface area contributed by atoms with Crippen LogP contribution in [0.1, 0.15) is 23.4 Å². The van der Waals surface area contributed by atoms with E-state index in [4.69, 9.17) is 4.74 Å². The van der Waals surface area contributed by atoms with Crippen molar-refractivity contribution < 1.29 is 4.74 Å². The van der Waals surface area contributed by atoms with Crippen molar-refractivity contribution >= 4 is 22.4 Å². The summed E-state index contributed by atoms with van der Waals surface area (Å²) in [5.41, 5.74) is 3.59. The Labute approximate surface area is 160 Å². The fourth-order valence-electron chi connectivity index (χ4n) is 3.07. The third kappa shape index (κ3) is 3.38. The Balaban J connectivity index is 1.61. The topological polar surface area (TPSA) is 61.9 Å². The van der Waals surface area contributed by atoms with Gasteiger partial charge in [0, 0.05) is 36.8 Å². The van der Waals surface area contributed by atoms with Gasteiger partial charge >= 0.3 is 0 Å². The molecular formula is C20H20N4O2S. The van der Waals surface area contributed by atoms with Gasteiger partial charge in [-0.25, -0.2) is 9.97 Å². The van der Waals surface area contributed by atoms with Crippen molar-refractivity contribution in [1.29, 1.82) is 0 Å². The molecule has 3 heterocycles. The van der Waals surface area contributed by atoms with Crippen LogP contribution in [0.3, 0.4) is 0 Å². The molecule has 7 heteroatoms. The second kappa shape index (κ2) is 7.00. The van der Waals surface area contributed by atoms with E-state index in [1.165, 1.54) is 6.07 Å². The molecule has 0 unspecified atom stereocenters. The predicted molar refractivity (Wildman–Crippen MR) is 107 cm³/mol. The van der Waals surface area contributed by atoms with Gasteiger partial charge in [-0.3, -0.25) is 9.36 Å². The maximum Gasteiger partial charge on any atom is 0.258 e. The number of imidazole rings is 1. The molecule has 27 heavy (non-hydrogen) atoms. The van der Waals surface area contributed by atoms with Crippen LogP contribution in [0.25, 0.3) is 16.7 Å². The minimum Gasteiger partial charge on any atom is -0.486 e. The highest BCUT2D eigenvalue weighted by atomic mass is 32.1. The lowest BCUT2D eigenvalue weighted by molar-refractivity contribution is 0.304. The predicted octanol–water partition coefficient (Wildman–Crippen LogP) is 3.63. The quantitative estimate of drug-likeness (QED) is 0.530. The van der Waals surface area contributed by atoms with E-state index in [0.29, 0.717) is 12.4 Å². The van der Waals surface area contributed by atoms with Gasteiger partial charge in [0.15, 0.2) is 0 Å². The summed E-state index contributed by atoms with van der Waals surface area (Å²) in [6, 6.07) is 9.15. The van der Waals surface area contributed by atoms with E-state index in [-0.39, 0.29) is 5.56 Å². The van der Waals surface area contributed by atoms with Crippen molar-refractivity contribution in [3.63, 3.8) is 0 Å². The number of aromatic nitrogens is 4. The minimum absolute atomic E-state index is 0.139. The van der Waals surface area contributed by atoms with Crippen molar-refractivity contribution in [3.05, 3.63) is 68.8 Å². The summed E-state index contributed by atoms with van der Waals surface area (Å²) < 4.78 is 9.38. The summed E-state index contributed by atoms with van der Waals surface area (Å²) in [6.07, 6.45) is 2.61. The standard InChI is InChI=1S/C20H20N4O2S/c1-4-18-22-16-6-5-14(9-17(16)23(18)3)24-8-7-15(10-20(24)25)26-11-19-21-13(2)12-27-19/h5-10,12H,4,11H2,1-3H3. The monoisotopic (exact) mass is 380 g/mol. The Hall–Kier alpha value is -2.93. The molecule has 1 aromatic carbocycles. The summed E-state index contributed by atoms with van der Waals surface area (Å²) in [6.45, 7) is 4.39. The van der Waals surface area contributed by atoms with Crippen molar-refractivity contribution in [2.24, 2.45) is 7.05 Å². The van der Waals surface area contributed by atoms with Gasteiger partial charge in [-0.15, -0.1) is 11.3 Å². The summed E-state index contributed by atoms with van der Waals surface area (Å²) in [7, 11) is 2.00. The van der Waals surface area contributed by atoms with Crippen molar-refractivity contribution in [1.82, 2.24) is 19.1 Å². The van der Waals surface area contributed by atoms with Gasteiger partial charge in [0.2, 0.25) is 0 Å². The first-order valence-electron chi connectivity index (χ1n) is 8.77. The van der Waals surface area contributed by atoms with Crippen molar-refractivity contribution in [3.8, 4) is 11.4 Å². The molecule has 0 aliphatic carbocycles. The van der Waals surface area contributed by atoms with Gasteiger partial charge in [-0.1, -0.05) is 6.92 Å². The fourth-order valence-corrected chi connectivity index (χ4v) is 3.76. The average molecular weight is 380 g/mol. The molecule has 0 aliphatic heterocycles. The van der Waals surface area contributed by atoms with E-state index in [1.807, 2.05) is 37.6 Å². The Morgan fingerprint density at radius 2 is 2.04 bits per heavy atom. The second-order valence-corrected chi connectivity index (χ2v) is 7.30. The molecule has 0 spiro atoms. The van der Waals surface area contributed by atoms with Crippen LogP contribution in [0.2, 0.25) is 0 Å². The maximum absolute atomic E-state index is 12.6. The molecule has 0 saturated carbocycles. The first-order chi connectivity index (χ1) is 13.0. The first kappa shape index (κ1) is 17.5. The zero-order valence-corrected chi connectivity index (χ0v) is 16.3. The summed E-state index contributed by atoms with van der Waals surface area (Å²) in [5.74, 6) is 1.56. The Kier molecular flexibility index (Phi) is 4.53. The van der Waals surface area contributed by atoms with Gasteiger partial charge < -0.3 is 9.30 Å². The molecule has 6 nitrogen and oxygen atoms in total. The Morgan fingerprint density at radius 1 is 1.19 bits per heavy atom. The molecule has 0 saturated heterocycles. The van der Waals surface area contributed by atoms with Crippen LogP contribution >= 0.6 is 11.3 Å². The number of rotatable bonds is 5. The summed E-state index contributed by atoms with van der Waals surface area (Å²) in [4.78, 5) is 21.6. The lowest BCUT2D eigenvalue weighted by atomic mass is 10.2. The highest BCUT2D eigenvalue weighted by Crippen LogP contribution is 2.20. The van der Waals surface area contributed by atoms with Crippen LogP contribution < -0.4 is 10.3 Å². The molecule has 138 valence electrons. The van der Waals surface area contributed by atoms with Gasteiger partial charge in [0.05, 0.1) is 16.7 Å². The van der Waals surface area contributed by atoms with Gasteiger partial charge in [-0.05, 0) is 31.2 Å². The molecule has 0 radical (unpaired) electrons. The zero-order chi connectivity index (χ0) is 19.0. The normalized spacial score (nSPS) is 11.2. The van der Waals surface area contributed by atoms with Crippen molar-refractivity contribution in [2.75, 3.05) is 0 Å². The molecule has 0 aliphatic rings. The van der Waals surface area contributed by atoms with Crippen molar-refractivity contribution in [2.45, 2.75) is 26.9 Å². The number of ether oxygens (including phenoxy) is 1. The van der Waals surface area contributed by atoms with Crippen LogP contribution in [0.15, 0.2) is 46.7 Å². The molecule has 0 atom stereocenters. The molecular weight excluding hydrogens is 360 g/mol. The molecule has 0 N–H and O–H groups in total. The van der Waals surface area contributed by atoms with E-state index in [1.54, 1.807) is 28.2 Å². The average Bonchev–Trinajstić information content (AvgIpc) is 3.23. The highest BCUT2D eigenvalue weighted by molar-refractivity contribution is 7.09. The number of benzene rings is 1. The number of fused-ring (bicyclic) bond motifs is 1. The first-order valence-corrected chi connectivity index (χ1v) is 9.65.